The Kier molecular flexibility index (Phi) is 6.57. The molecule has 0 radical (unpaired) electrons. The zero-order chi connectivity index (χ0) is 22.9. The lowest BCUT2D eigenvalue weighted by Crippen LogP contribution is -2.50. The molecule has 1 aromatic heterocycles. The molecule has 32 heavy (non-hydrogen) atoms. The molecule has 0 spiro atoms. The third-order valence-corrected chi connectivity index (χ3v) is 8.59. The van der Waals surface area contributed by atoms with Gasteiger partial charge in [-0.15, -0.1) is 0 Å². The molecule has 2 aliphatic rings. The van der Waals surface area contributed by atoms with Gasteiger partial charge in [0.2, 0.25) is 15.8 Å². The quantitative estimate of drug-likeness (QED) is 0.659. The van der Waals surface area contributed by atoms with Crippen LogP contribution in [0, 0.1) is 6.92 Å². The van der Waals surface area contributed by atoms with Crippen LogP contribution in [0.3, 0.4) is 0 Å². The highest BCUT2D eigenvalue weighted by Gasteiger charge is 2.31. The highest BCUT2D eigenvalue weighted by Crippen LogP contribution is 2.30. The Morgan fingerprint density at radius 3 is 2.25 bits per heavy atom. The Morgan fingerprint density at radius 2 is 1.66 bits per heavy atom. The first-order chi connectivity index (χ1) is 15.3. The van der Waals surface area contributed by atoms with Crippen LogP contribution in [0.1, 0.15) is 45.1 Å². The first kappa shape index (κ1) is 22.8. The summed E-state index contributed by atoms with van der Waals surface area (Å²) in [6, 6.07) is 7.64. The second-order valence-corrected chi connectivity index (χ2v) is 11.4. The molecule has 174 valence electrons. The van der Waals surface area contributed by atoms with Gasteiger partial charge >= 0.3 is 5.56 Å². The highest BCUT2D eigenvalue weighted by atomic mass is 32.2. The van der Waals surface area contributed by atoms with Crippen LogP contribution in [0.5, 0.6) is 5.75 Å². The van der Waals surface area contributed by atoms with Crippen molar-refractivity contribution in [3.8, 4) is 11.4 Å². The zero-order valence-corrected chi connectivity index (χ0v) is 19.8. The molecule has 1 saturated carbocycles. The second-order valence-electron chi connectivity index (χ2n) is 8.92. The monoisotopic (exact) mass is 460 g/mol. The maximum atomic E-state index is 13.5. The van der Waals surface area contributed by atoms with Gasteiger partial charge in [0.15, 0.2) is 0 Å². The molecular weight excluding hydrogens is 428 g/mol. The van der Waals surface area contributed by atoms with Crippen LogP contribution in [0.25, 0.3) is 5.69 Å². The van der Waals surface area contributed by atoms with Gasteiger partial charge < -0.3 is 9.64 Å². The van der Waals surface area contributed by atoms with E-state index in [9.17, 15) is 13.2 Å². The maximum absolute atomic E-state index is 13.5. The number of hydrogen-bond donors (Lipinski definition) is 0. The maximum Gasteiger partial charge on any atom is 0.316 e. The van der Waals surface area contributed by atoms with Gasteiger partial charge in [0.05, 0.1) is 23.2 Å². The number of hydrogen-bond acceptors (Lipinski definition) is 6. The van der Waals surface area contributed by atoms with Crippen molar-refractivity contribution in [1.82, 2.24) is 14.1 Å². The van der Waals surface area contributed by atoms with Crippen LogP contribution in [0.4, 0.5) is 5.69 Å². The molecule has 0 unspecified atom stereocenters. The molecule has 0 N–H and O–H groups in total. The van der Waals surface area contributed by atoms with E-state index >= 15 is 0 Å². The Balaban J connectivity index is 1.65. The number of sulfonamides is 1. The van der Waals surface area contributed by atoms with E-state index in [0.717, 1.165) is 31.2 Å². The van der Waals surface area contributed by atoms with E-state index in [0.29, 0.717) is 43.3 Å². The summed E-state index contributed by atoms with van der Waals surface area (Å²) in [5, 5.41) is 3.99. The number of benzene rings is 1. The number of ether oxygens (including phenoxy) is 1. The summed E-state index contributed by atoms with van der Waals surface area (Å²) in [6.07, 6.45) is 5.78. The van der Waals surface area contributed by atoms with Crippen LogP contribution in [0.15, 0.2) is 35.3 Å². The molecule has 0 atom stereocenters. The Labute approximate surface area is 189 Å². The van der Waals surface area contributed by atoms with E-state index in [-0.39, 0.29) is 11.7 Å². The zero-order valence-electron chi connectivity index (χ0n) is 19.0. The number of aromatic nitrogens is 2. The fourth-order valence-corrected chi connectivity index (χ4v) is 5.56. The Morgan fingerprint density at radius 1 is 1.03 bits per heavy atom. The fourth-order valence-electron chi connectivity index (χ4n) is 4.29. The van der Waals surface area contributed by atoms with Gasteiger partial charge in [-0.2, -0.15) is 14.1 Å². The molecule has 0 bridgehead atoms. The standard InChI is InChI=1S/C23H32N4O4S/c1-17(2)32(29,30)26-14-12-25(13-15-26)21-16-24-27(19-10-8-18(3)9-11-19)23(28)22(21)31-20-6-4-5-7-20/h8-11,16-17,20H,4-7,12-15H2,1-3H3. The van der Waals surface area contributed by atoms with Gasteiger partial charge in [0, 0.05) is 26.2 Å². The summed E-state index contributed by atoms with van der Waals surface area (Å²) in [7, 11) is -3.29. The van der Waals surface area contributed by atoms with Gasteiger partial charge in [-0.25, -0.2) is 8.42 Å². The smallest absolute Gasteiger partial charge is 0.316 e. The minimum absolute atomic E-state index is 0.0259. The SMILES string of the molecule is Cc1ccc(-n2ncc(N3CCN(S(=O)(=O)C(C)C)CC3)c(OC3CCCC3)c2=O)cc1. The number of piperazine rings is 1. The number of nitrogens with zero attached hydrogens (tertiary/aromatic N) is 4. The van der Waals surface area contributed by atoms with Gasteiger partial charge in [0.1, 0.15) is 5.69 Å². The van der Waals surface area contributed by atoms with Crippen molar-refractivity contribution in [1.29, 1.82) is 0 Å². The van der Waals surface area contributed by atoms with Crippen molar-refractivity contribution in [2.45, 2.75) is 57.8 Å². The third-order valence-electron chi connectivity index (χ3n) is 6.31. The molecule has 2 heterocycles. The molecule has 1 saturated heterocycles. The molecule has 8 nitrogen and oxygen atoms in total. The molecular formula is C23H32N4O4S. The number of anilines is 1. The largest absolute Gasteiger partial charge is 0.483 e. The number of rotatable bonds is 6. The van der Waals surface area contributed by atoms with Gasteiger partial charge in [0.25, 0.3) is 0 Å². The Hall–Kier alpha value is -2.39. The van der Waals surface area contributed by atoms with Gasteiger partial charge in [-0.1, -0.05) is 17.7 Å². The lowest BCUT2D eigenvalue weighted by atomic mass is 10.2. The van der Waals surface area contributed by atoms with Crippen molar-refractivity contribution in [2.75, 3.05) is 31.1 Å². The van der Waals surface area contributed by atoms with E-state index < -0.39 is 15.3 Å². The first-order valence-electron chi connectivity index (χ1n) is 11.4. The predicted molar refractivity (Wildman–Crippen MR) is 125 cm³/mol. The third kappa shape index (κ3) is 4.54. The van der Waals surface area contributed by atoms with E-state index in [4.69, 9.17) is 4.74 Å². The van der Waals surface area contributed by atoms with Crippen LogP contribution < -0.4 is 15.2 Å². The molecule has 1 aliphatic heterocycles. The average Bonchev–Trinajstić information content (AvgIpc) is 3.29. The first-order valence-corrected chi connectivity index (χ1v) is 12.9. The van der Waals surface area contributed by atoms with Crippen LogP contribution in [0.2, 0.25) is 0 Å². The highest BCUT2D eigenvalue weighted by molar-refractivity contribution is 7.89. The summed E-state index contributed by atoms with van der Waals surface area (Å²) in [5.74, 6) is 0.313. The van der Waals surface area contributed by atoms with Crippen LogP contribution in [-0.4, -0.2) is 60.0 Å². The molecule has 2 fully saturated rings. The average molecular weight is 461 g/mol. The van der Waals surface area contributed by atoms with E-state index in [2.05, 4.69) is 5.10 Å². The molecule has 0 amide bonds. The predicted octanol–water partition coefficient (Wildman–Crippen LogP) is 2.72. The molecule has 9 heteroatoms. The lowest BCUT2D eigenvalue weighted by molar-refractivity contribution is 0.205. The molecule has 4 rings (SSSR count). The van der Waals surface area contributed by atoms with Gasteiger partial charge in [-0.05, 0) is 58.6 Å². The summed E-state index contributed by atoms with van der Waals surface area (Å²) >= 11 is 0. The topological polar surface area (TPSA) is 84.7 Å². The molecule has 2 aromatic rings. The van der Waals surface area contributed by atoms with E-state index in [1.807, 2.05) is 36.1 Å². The minimum Gasteiger partial charge on any atom is -0.483 e. The van der Waals surface area contributed by atoms with E-state index in [1.165, 1.54) is 8.99 Å². The Bertz CT molecular complexity index is 1100. The van der Waals surface area contributed by atoms with Crippen molar-refractivity contribution >= 4 is 15.7 Å². The van der Waals surface area contributed by atoms with Crippen LogP contribution >= 0.6 is 0 Å². The lowest BCUT2D eigenvalue weighted by Gasteiger charge is -2.36. The second kappa shape index (κ2) is 9.23. The minimum atomic E-state index is -3.29. The normalized spacial score (nSPS) is 18.4. The number of aryl methyl sites for hydroxylation is 1. The molecule has 1 aliphatic carbocycles. The summed E-state index contributed by atoms with van der Waals surface area (Å²) < 4.78 is 34.2. The van der Waals surface area contributed by atoms with Crippen LogP contribution in [-0.2, 0) is 10.0 Å². The summed E-state index contributed by atoms with van der Waals surface area (Å²) in [6.45, 7) is 7.13. The summed E-state index contributed by atoms with van der Waals surface area (Å²) in [4.78, 5) is 15.5. The van der Waals surface area contributed by atoms with Gasteiger partial charge in [-0.3, -0.25) is 4.79 Å². The van der Waals surface area contributed by atoms with Crippen molar-refractivity contribution in [2.24, 2.45) is 0 Å². The van der Waals surface area contributed by atoms with E-state index in [1.54, 1.807) is 20.0 Å². The van der Waals surface area contributed by atoms with Crippen molar-refractivity contribution < 1.29 is 13.2 Å². The van der Waals surface area contributed by atoms with Crippen molar-refractivity contribution in [3.05, 3.63) is 46.4 Å². The van der Waals surface area contributed by atoms with Crippen molar-refractivity contribution in [3.63, 3.8) is 0 Å². The summed E-state index contributed by atoms with van der Waals surface area (Å²) in [5.41, 5.74) is 2.16. The fraction of sp³-hybridized carbons (Fsp3) is 0.565. The molecule has 1 aromatic carbocycles.